The van der Waals surface area contributed by atoms with Gasteiger partial charge in [-0.1, -0.05) is 24.3 Å². The molecule has 1 N–H and O–H groups in total. The van der Waals surface area contributed by atoms with Crippen LogP contribution in [0.2, 0.25) is 0 Å². The predicted molar refractivity (Wildman–Crippen MR) is 104 cm³/mol. The van der Waals surface area contributed by atoms with Crippen molar-refractivity contribution >= 4 is 22.5 Å². The quantitative estimate of drug-likeness (QED) is 0.593. The highest BCUT2D eigenvalue weighted by Gasteiger charge is 2.35. The molecular formula is C21H19N5O2. The molecule has 7 heteroatoms. The number of hydrogen-bond acceptors (Lipinski definition) is 5. The van der Waals surface area contributed by atoms with Crippen LogP contribution in [0.5, 0.6) is 0 Å². The summed E-state index contributed by atoms with van der Waals surface area (Å²) in [5, 5.41) is 15.9. The number of β-amino-alcohol motifs (C(OH)–C–C–N with tert-alkyl or cyclic N) is 1. The lowest BCUT2D eigenvalue weighted by Gasteiger charge is -2.14. The summed E-state index contributed by atoms with van der Waals surface area (Å²) in [4.78, 5) is 23.4. The van der Waals surface area contributed by atoms with Gasteiger partial charge >= 0.3 is 0 Å². The summed E-state index contributed by atoms with van der Waals surface area (Å²) in [6.45, 7) is 0.786. The van der Waals surface area contributed by atoms with E-state index in [0.29, 0.717) is 30.9 Å². The number of fused-ring (bicyclic) bond motifs is 2. The van der Waals surface area contributed by atoms with E-state index in [0.717, 1.165) is 16.6 Å². The molecule has 0 unspecified atom stereocenters. The van der Waals surface area contributed by atoms with E-state index < -0.39 is 6.10 Å². The lowest BCUT2D eigenvalue weighted by Crippen LogP contribution is -2.30. The van der Waals surface area contributed by atoms with E-state index >= 15 is 0 Å². The second-order valence-electron chi connectivity index (χ2n) is 7.19. The van der Waals surface area contributed by atoms with Crippen LogP contribution in [0.1, 0.15) is 16.2 Å². The molecule has 3 aromatic heterocycles. The number of benzene rings is 1. The fourth-order valence-corrected chi connectivity index (χ4v) is 3.81. The first-order valence-corrected chi connectivity index (χ1v) is 9.30. The van der Waals surface area contributed by atoms with Gasteiger partial charge in [0.25, 0.3) is 5.91 Å². The van der Waals surface area contributed by atoms with Crippen LogP contribution in [0.3, 0.4) is 0 Å². The first kappa shape index (κ1) is 16.8. The van der Waals surface area contributed by atoms with Crippen molar-refractivity contribution in [3.8, 4) is 0 Å². The fourth-order valence-electron chi connectivity index (χ4n) is 3.81. The Hall–Kier alpha value is -3.32. The van der Waals surface area contributed by atoms with Crippen LogP contribution in [-0.4, -0.2) is 54.7 Å². The van der Waals surface area contributed by atoms with Gasteiger partial charge in [0.05, 0.1) is 11.6 Å². The zero-order valence-corrected chi connectivity index (χ0v) is 15.1. The molecule has 28 heavy (non-hydrogen) atoms. The molecule has 0 radical (unpaired) electrons. The van der Waals surface area contributed by atoms with Gasteiger partial charge < -0.3 is 10.0 Å². The number of rotatable bonds is 3. The van der Waals surface area contributed by atoms with Gasteiger partial charge in [-0.25, -0.2) is 9.50 Å². The van der Waals surface area contributed by atoms with Gasteiger partial charge in [-0.15, -0.1) is 0 Å². The van der Waals surface area contributed by atoms with Crippen molar-refractivity contribution in [1.82, 2.24) is 24.5 Å². The van der Waals surface area contributed by atoms with Gasteiger partial charge in [0.1, 0.15) is 0 Å². The second-order valence-corrected chi connectivity index (χ2v) is 7.19. The molecule has 1 aliphatic heterocycles. The Morgan fingerprint density at radius 2 is 2.04 bits per heavy atom. The third kappa shape index (κ3) is 2.99. The van der Waals surface area contributed by atoms with Gasteiger partial charge in [-0.05, 0) is 24.6 Å². The summed E-state index contributed by atoms with van der Waals surface area (Å²) in [5.74, 6) is -0.230. The van der Waals surface area contributed by atoms with Gasteiger partial charge in [-0.3, -0.25) is 9.78 Å². The maximum atomic E-state index is 12.8. The molecular weight excluding hydrogens is 354 g/mol. The molecule has 140 valence electrons. The third-order valence-electron chi connectivity index (χ3n) is 5.28. The first-order chi connectivity index (χ1) is 13.7. The number of aliphatic hydroxyl groups is 1. The molecule has 1 aliphatic rings. The van der Waals surface area contributed by atoms with Crippen LogP contribution in [0, 0.1) is 5.92 Å². The van der Waals surface area contributed by atoms with Crippen molar-refractivity contribution in [3.63, 3.8) is 0 Å². The highest BCUT2D eigenvalue weighted by Crippen LogP contribution is 2.23. The highest BCUT2D eigenvalue weighted by atomic mass is 16.3. The number of likely N-dealkylation sites (tertiary alicyclic amines) is 1. The Balaban J connectivity index is 1.33. The number of nitrogens with zero attached hydrogens (tertiary/aromatic N) is 5. The molecule has 2 atom stereocenters. The van der Waals surface area contributed by atoms with E-state index in [1.54, 1.807) is 33.9 Å². The molecule has 0 bridgehead atoms. The Labute approximate surface area is 161 Å². The van der Waals surface area contributed by atoms with Crippen LogP contribution < -0.4 is 0 Å². The van der Waals surface area contributed by atoms with Crippen LogP contribution in [0.15, 0.2) is 60.9 Å². The van der Waals surface area contributed by atoms with Crippen LogP contribution in [0.4, 0.5) is 0 Å². The number of hydrogen-bond donors (Lipinski definition) is 1. The summed E-state index contributed by atoms with van der Waals surface area (Å²) in [6, 6.07) is 15.4. The van der Waals surface area contributed by atoms with Gasteiger partial charge in [0.15, 0.2) is 11.3 Å². The Morgan fingerprint density at radius 3 is 2.93 bits per heavy atom. The Morgan fingerprint density at radius 1 is 1.14 bits per heavy atom. The molecule has 0 spiro atoms. The lowest BCUT2D eigenvalue weighted by molar-refractivity contribution is 0.0758. The lowest BCUT2D eigenvalue weighted by atomic mass is 9.99. The van der Waals surface area contributed by atoms with Crippen LogP contribution >= 0.6 is 0 Å². The van der Waals surface area contributed by atoms with E-state index in [2.05, 4.69) is 10.1 Å². The minimum atomic E-state index is -0.577. The Bertz CT molecular complexity index is 1140. The maximum Gasteiger partial charge on any atom is 0.274 e. The van der Waals surface area contributed by atoms with Crippen molar-refractivity contribution in [2.45, 2.75) is 12.5 Å². The fraction of sp³-hybridized carbons (Fsp3) is 0.238. The predicted octanol–water partition coefficient (Wildman–Crippen LogP) is 1.95. The van der Waals surface area contributed by atoms with Crippen molar-refractivity contribution in [3.05, 3.63) is 72.3 Å². The van der Waals surface area contributed by atoms with Gasteiger partial charge in [-0.2, -0.15) is 5.10 Å². The number of pyridine rings is 1. The summed E-state index contributed by atoms with van der Waals surface area (Å²) >= 11 is 0. The monoisotopic (exact) mass is 373 g/mol. The van der Waals surface area contributed by atoms with Crippen molar-refractivity contribution in [2.75, 3.05) is 13.1 Å². The van der Waals surface area contributed by atoms with Crippen molar-refractivity contribution in [2.24, 2.45) is 5.92 Å². The summed E-state index contributed by atoms with van der Waals surface area (Å²) < 4.78 is 1.58. The smallest absolute Gasteiger partial charge is 0.274 e. The van der Waals surface area contributed by atoms with E-state index in [4.69, 9.17) is 4.98 Å². The Kier molecular flexibility index (Phi) is 4.02. The maximum absolute atomic E-state index is 12.8. The molecule has 0 saturated carbocycles. The van der Waals surface area contributed by atoms with Gasteiger partial charge in [0.2, 0.25) is 0 Å². The van der Waals surface area contributed by atoms with Crippen molar-refractivity contribution in [1.29, 1.82) is 0 Å². The number of carbonyl (C=O) groups is 1. The zero-order valence-electron chi connectivity index (χ0n) is 15.1. The number of aliphatic hydroxyl groups excluding tert-OH is 1. The summed E-state index contributed by atoms with van der Waals surface area (Å²) in [7, 11) is 0. The highest BCUT2D eigenvalue weighted by molar-refractivity contribution is 5.93. The molecule has 4 aromatic rings. The standard InChI is InChI=1S/C21H19N5O2/c27-19-13-25(21(28)18-11-20-22-8-3-9-26(20)24-18)12-15(19)10-16-7-6-14-4-1-2-5-17(14)23-16/h1-9,11,15,19,27H,10,12-13H2/t15-,19-/m1/s1. The van der Waals surface area contributed by atoms with Crippen LogP contribution in [-0.2, 0) is 6.42 Å². The van der Waals surface area contributed by atoms with E-state index in [9.17, 15) is 9.90 Å². The largest absolute Gasteiger partial charge is 0.391 e. The van der Waals surface area contributed by atoms with Crippen LogP contribution in [0.25, 0.3) is 16.6 Å². The molecule has 1 fully saturated rings. The van der Waals surface area contributed by atoms with E-state index in [1.165, 1.54) is 0 Å². The van der Waals surface area contributed by atoms with Crippen molar-refractivity contribution < 1.29 is 9.90 Å². The summed E-state index contributed by atoms with van der Waals surface area (Å²) in [6.07, 6.45) is 3.47. The molecule has 0 aliphatic carbocycles. The number of aromatic nitrogens is 4. The normalized spacial score (nSPS) is 19.5. The topological polar surface area (TPSA) is 83.6 Å². The van der Waals surface area contributed by atoms with Gasteiger partial charge in [0, 0.05) is 48.5 Å². The zero-order chi connectivity index (χ0) is 19.1. The first-order valence-electron chi connectivity index (χ1n) is 9.30. The number of carbonyl (C=O) groups excluding carboxylic acids is 1. The third-order valence-corrected chi connectivity index (χ3v) is 5.28. The molecule has 1 aromatic carbocycles. The van der Waals surface area contributed by atoms with E-state index in [1.807, 2.05) is 36.4 Å². The molecule has 5 rings (SSSR count). The molecule has 4 heterocycles. The molecule has 1 amide bonds. The number of para-hydroxylation sites is 1. The number of amides is 1. The minimum Gasteiger partial charge on any atom is -0.391 e. The minimum absolute atomic E-state index is 0.0484. The average molecular weight is 373 g/mol. The molecule has 7 nitrogen and oxygen atoms in total. The SMILES string of the molecule is O=C(c1cc2ncccn2n1)N1C[C@@H](Cc2ccc3ccccc3n2)[C@H](O)C1. The van der Waals surface area contributed by atoms with E-state index in [-0.39, 0.29) is 11.8 Å². The average Bonchev–Trinajstić information content (AvgIpc) is 3.31. The molecule has 1 saturated heterocycles. The summed E-state index contributed by atoms with van der Waals surface area (Å²) in [5.41, 5.74) is 2.84. The second kappa shape index (κ2) is 6.69.